The van der Waals surface area contributed by atoms with Crippen LogP contribution in [0.4, 0.5) is 0 Å². The number of hydrogen-bond acceptors (Lipinski definition) is 3. The van der Waals surface area contributed by atoms with Crippen LogP contribution < -0.4 is 10.2 Å². The number of carbonyl (C=O) groups is 1. The molecule has 0 fully saturated rings. The van der Waals surface area contributed by atoms with E-state index < -0.39 is 0 Å². The van der Waals surface area contributed by atoms with Crippen LogP contribution in [0.2, 0.25) is 5.02 Å². The Kier molecular flexibility index (Phi) is 5.78. The third-order valence-electron chi connectivity index (χ3n) is 2.46. The largest absolute Gasteiger partial charge is 0.483 e. The van der Waals surface area contributed by atoms with Crippen molar-refractivity contribution in [3.8, 4) is 5.75 Å². The number of hydrogen-bond donors (Lipinski definition) is 1. The molecule has 0 heterocycles. The number of hydrazone groups is 1. The highest BCUT2D eigenvalue weighted by molar-refractivity contribution is 9.10. The summed E-state index contributed by atoms with van der Waals surface area (Å²) in [5.74, 6) is 0.200. The van der Waals surface area contributed by atoms with E-state index in [4.69, 9.17) is 16.3 Å². The van der Waals surface area contributed by atoms with E-state index in [2.05, 4.69) is 26.5 Å². The van der Waals surface area contributed by atoms with Gasteiger partial charge >= 0.3 is 0 Å². The molecule has 0 spiro atoms. The predicted octanol–water partition coefficient (Wildman–Crippen LogP) is 3.63. The molecule has 0 saturated heterocycles. The van der Waals surface area contributed by atoms with Crippen LogP contribution in [0.15, 0.2) is 58.1 Å². The van der Waals surface area contributed by atoms with Crippen LogP contribution in [-0.4, -0.2) is 18.7 Å². The van der Waals surface area contributed by atoms with Crippen LogP contribution in [-0.2, 0) is 4.79 Å². The van der Waals surface area contributed by atoms with Crippen molar-refractivity contribution in [3.05, 3.63) is 63.6 Å². The molecule has 2 aromatic rings. The number of ether oxygens (including phenoxy) is 1. The quantitative estimate of drug-likeness (QED) is 0.648. The Labute approximate surface area is 135 Å². The van der Waals surface area contributed by atoms with Crippen molar-refractivity contribution in [2.75, 3.05) is 6.61 Å². The van der Waals surface area contributed by atoms with Crippen LogP contribution in [0, 0.1) is 0 Å². The summed E-state index contributed by atoms with van der Waals surface area (Å²) in [6, 6.07) is 14.5. The van der Waals surface area contributed by atoms with Gasteiger partial charge in [0, 0.05) is 5.02 Å². The van der Waals surface area contributed by atoms with Crippen molar-refractivity contribution in [2.24, 2.45) is 5.10 Å². The molecule has 0 aliphatic carbocycles. The summed E-state index contributed by atoms with van der Waals surface area (Å²) in [6.07, 6.45) is 1.57. The summed E-state index contributed by atoms with van der Waals surface area (Å²) < 4.78 is 6.06. The smallest absolute Gasteiger partial charge is 0.277 e. The maximum atomic E-state index is 11.6. The van der Waals surface area contributed by atoms with Gasteiger partial charge in [0.15, 0.2) is 6.61 Å². The van der Waals surface area contributed by atoms with Crippen molar-refractivity contribution in [3.63, 3.8) is 0 Å². The van der Waals surface area contributed by atoms with Gasteiger partial charge in [0.2, 0.25) is 0 Å². The molecule has 0 aliphatic heterocycles. The Bertz CT molecular complexity index is 647. The van der Waals surface area contributed by atoms with E-state index in [9.17, 15) is 4.79 Å². The van der Waals surface area contributed by atoms with Gasteiger partial charge in [-0.25, -0.2) is 5.43 Å². The first-order chi connectivity index (χ1) is 10.1. The second kappa shape index (κ2) is 7.81. The fourth-order valence-corrected chi connectivity index (χ4v) is 2.28. The lowest BCUT2D eigenvalue weighted by Crippen LogP contribution is -2.24. The third kappa shape index (κ3) is 5.21. The molecule has 0 unspecified atom stereocenters. The normalized spacial score (nSPS) is 10.6. The molecular formula is C15H12BrClN2O2. The van der Waals surface area contributed by atoms with Gasteiger partial charge in [0.25, 0.3) is 5.91 Å². The van der Waals surface area contributed by atoms with E-state index >= 15 is 0 Å². The van der Waals surface area contributed by atoms with Crippen molar-refractivity contribution in [1.82, 2.24) is 5.43 Å². The molecular weight excluding hydrogens is 356 g/mol. The molecule has 0 aliphatic rings. The molecule has 1 N–H and O–H groups in total. The number of carbonyl (C=O) groups excluding carboxylic acids is 1. The summed E-state index contributed by atoms with van der Waals surface area (Å²) in [5, 5.41) is 4.44. The first-order valence-electron chi connectivity index (χ1n) is 6.10. The zero-order chi connectivity index (χ0) is 15.1. The minimum Gasteiger partial charge on any atom is -0.483 e. The van der Waals surface area contributed by atoms with Gasteiger partial charge in [-0.3, -0.25) is 4.79 Å². The highest BCUT2D eigenvalue weighted by Crippen LogP contribution is 2.27. The van der Waals surface area contributed by atoms with Crippen molar-refractivity contribution in [2.45, 2.75) is 0 Å². The van der Waals surface area contributed by atoms with Crippen LogP contribution in [0.25, 0.3) is 0 Å². The van der Waals surface area contributed by atoms with E-state index in [0.717, 1.165) is 5.56 Å². The predicted molar refractivity (Wildman–Crippen MR) is 86.8 cm³/mol. The molecule has 0 bridgehead atoms. The lowest BCUT2D eigenvalue weighted by atomic mass is 10.2. The number of rotatable bonds is 5. The summed E-state index contributed by atoms with van der Waals surface area (Å²) in [4.78, 5) is 11.6. The monoisotopic (exact) mass is 366 g/mol. The Balaban J connectivity index is 1.81. The molecule has 21 heavy (non-hydrogen) atoms. The van der Waals surface area contributed by atoms with Crippen LogP contribution >= 0.6 is 27.5 Å². The van der Waals surface area contributed by atoms with Gasteiger partial charge in [-0.2, -0.15) is 5.10 Å². The number of halogens is 2. The second-order valence-corrected chi connectivity index (χ2v) is 5.36. The minimum atomic E-state index is -0.343. The van der Waals surface area contributed by atoms with Gasteiger partial charge in [0.1, 0.15) is 5.75 Å². The van der Waals surface area contributed by atoms with E-state index in [-0.39, 0.29) is 12.5 Å². The fraction of sp³-hybridized carbons (Fsp3) is 0.0667. The second-order valence-electron chi connectivity index (χ2n) is 4.07. The average Bonchev–Trinajstić information content (AvgIpc) is 2.47. The third-order valence-corrected chi connectivity index (χ3v) is 3.31. The summed E-state index contributed by atoms with van der Waals surface area (Å²) in [7, 11) is 0. The van der Waals surface area contributed by atoms with Gasteiger partial charge < -0.3 is 4.74 Å². The molecule has 0 radical (unpaired) electrons. The van der Waals surface area contributed by atoms with E-state index in [0.29, 0.717) is 15.2 Å². The molecule has 6 heteroatoms. The average molecular weight is 368 g/mol. The highest BCUT2D eigenvalue weighted by atomic mass is 79.9. The number of nitrogens with one attached hydrogen (secondary N) is 1. The van der Waals surface area contributed by atoms with E-state index in [1.807, 2.05) is 30.3 Å². The fourth-order valence-electron chi connectivity index (χ4n) is 1.49. The molecule has 0 saturated carbocycles. The zero-order valence-electron chi connectivity index (χ0n) is 10.9. The number of nitrogens with zero attached hydrogens (tertiary/aromatic N) is 1. The number of benzene rings is 2. The first kappa shape index (κ1) is 15.5. The molecule has 2 aromatic carbocycles. The van der Waals surface area contributed by atoms with E-state index in [1.165, 1.54) is 0 Å². The maximum absolute atomic E-state index is 11.6. The lowest BCUT2D eigenvalue weighted by Gasteiger charge is -2.07. The SMILES string of the molecule is O=C(COc1ccc(Cl)cc1Br)NN=Cc1ccccc1. The van der Waals surface area contributed by atoms with Crippen LogP contribution in [0.1, 0.15) is 5.56 Å². The molecule has 0 atom stereocenters. The molecule has 0 aromatic heterocycles. The Morgan fingerprint density at radius 3 is 2.76 bits per heavy atom. The van der Waals surface area contributed by atoms with Crippen LogP contribution in [0.5, 0.6) is 5.75 Å². The van der Waals surface area contributed by atoms with Gasteiger partial charge in [-0.1, -0.05) is 41.9 Å². The van der Waals surface area contributed by atoms with Gasteiger partial charge in [-0.05, 0) is 39.7 Å². The standard InChI is InChI=1S/C15H12BrClN2O2/c16-13-8-12(17)6-7-14(13)21-10-15(20)19-18-9-11-4-2-1-3-5-11/h1-9H,10H2,(H,19,20). The maximum Gasteiger partial charge on any atom is 0.277 e. The minimum absolute atomic E-state index is 0.133. The molecule has 1 amide bonds. The molecule has 4 nitrogen and oxygen atoms in total. The van der Waals surface area contributed by atoms with Gasteiger partial charge in [-0.15, -0.1) is 0 Å². The summed E-state index contributed by atoms with van der Waals surface area (Å²) >= 11 is 9.13. The molecule has 108 valence electrons. The summed E-state index contributed by atoms with van der Waals surface area (Å²) in [6.45, 7) is -0.133. The van der Waals surface area contributed by atoms with Crippen molar-refractivity contribution >= 4 is 39.7 Å². The Hall–Kier alpha value is -1.85. The summed E-state index contributed by atoms with van der Waals surface area (Å²) in [5.41, 5.74) is 3.30. The van der Waals surface area contributed by atoms with Crippen molar-refractivity contribution in [1.29, 1.82) is 0 Å². The number of amides is 1. The van der Waals surface area contributed by atoms with Crippen molar-refractivity contribution < 1.29 is 9.53 Å². The molecule has 2 rings (SSSR count). The van der Waals surface area contributed by atoms with Crippen LogP contribution in [0.3, 0.4) is 0 Å². The Morgan fingerprint density at radius 1 is 1.29 bits per heavy atom. The zero-order valence-corrected chi connectivity index (χ0v) is 13.3. The van der Waals surface area contributed by atoms with Gasteiger partial charge in [0.05, 0.1) is 10.7 Å². The topological polar surface area (TPSA) is 50.7 Å². The first-order valence-corrected chi connectivity index (χ1v) is 7.27. The highest BCUT2D eigenvalue weighted by Gasteiger charge is 2.05. The Morgan fingerprint density at radius 2 is 2.05 bits per heavy atom. The lowest BCUT2D eigenvalue weighted by molar-refractivity contribution is -0.123. The van der Waals surface area contributed by atoms with E-state index in [1.54, 1.807) is 24.4 Å².